The molecule has 0 heterocycles. The largest absolute Gasteiger partial charge is 0.493 e. The van der Waals surface area contributed by atoms with Crippen molar-refractivity contribution in [2.45, 2.75) is 19.8 Å². The lowest BCUT2D eigenvalue weighted by Gasteiger charge is -2.13. The molecule has 0 saturated heterocycles. The molecule has 0 radical (unpaired) electrons. The van der Waals surface area contributed by atoms with Crippen molar-refractivity contribution in [2.75, 3.05) is 11.9 Å². The van der Waals surface area contributed by atoms with Crippen LogP contribution in [-0.2, 0) is 0 Å². The number of para-hydroxylation sites is 1. The second-order valence-corrected chi connectivity index (χ2v) is 6.48. The highest BCUT2D eigenvalue weighted by Crippen LogP contribution is 2.25. The summed E-state index contributed by atoms with van der Waals surface area (Å²) in [5.74, 6) is 0.166. The maximum absolute atomic E-state index is 12.5. The summed E-state index contributed by atoms with van der Waals surface area (Å²) in [5, 5.41) is 6.57. The van der Waals surface area contributed by atoms with Crippen LogP contribution in [0.4, 0.5) is 5.69 Å². The molecular formula is C18H18Cl2N2O2S. The number of ether oxygens (including phenoxy) is 1. The van der Waals surface area contributed by atoms with Gasteiger partial charge < -0.3 is 10.1 Å². The maximum Gasteiger partial charge on any atom is 0.261 e. The first-order valence-electron chi connectivity index (χ1n) is 7.80. The number of amides is 1. The van der Waals surface area contributed by atoms with Crippen molar-refractivity contribution >= 4 is 52.1 Å². The van der Waals surface area contributed by atoms with E-state index < -0.39 is 0 Å². The van der Waals surface area contributed by atoms with Crippen molar-refractivity contribution in [3.63, 3.8) is 0 Å². The molecule has 0 spiro atoms. The third-order valence-corrected chi connectivity index (χ3v) is 4.06. The molecule has 0 aliphatic heterocycles. The number of thiocarbonyl (C=S) groups is 1. The topological polar surface area (TPSA) is 50.4 Å². The molecule has 25 heavy (non-hydrogen) atoms. The van der Waals surface area contributed by atoms with Gasteiger partial charge in [0.2, 0.25) is 0 Å². The Balaban J connectivity index is 2.04. The zero-order chi connectivity index (χ0) is 18.2. The molecule has 0 aliphatic carbocycles. The second-order valence-electron chi connectivity index (χ2n) is 5.23. The van der Waals surface area contributed by atoms with Gasteiger partial charge in [0.25, 0.3) is 5.91 Å². The van der Waals surface area contributed by atoms with Gasteiger partial charge in [-0.25, -0.2) is 0 Å². The lowest BCUT2D eigenvalue weighted by Crippen LogP contribution is -2.34. The van der Waals surface area contributed by atoms with Gasteiger partial charge in [0, 0.05) is 5.02 Å². The molecule has 132 valence electrons. The lowest BCUT2D eigenvalue weighted by atomic mass is 10.2. The molecule has 2 rings (SSSR count). The van der Waals surface area contributed by atoms with E-state index in [0.29, 0.717) is 33.7 Å². The number of hydrogen-bond donors (Lipinski definition) is 2. The minimum Gasteiger partial charge on any atom is -0.493 e. The highest BCUT2D eigenvalue weighted by molar-refractivity contribution is 7.80. The van der Waals surface area contributed by atoms with Crippen molar-refractivity contribution in [2.24, 2.45) is 0 Å². The van der Waals surface area contributed by atoms with Crippen LogP contribution in [0.3, 0.4) is 0 Å². The third kappa shape index (κ3) is 5.88. The highest BCUT2D eigenvalue weighted by Gasteiger charge is 2.14. The van der Waals surface area contributed by atoms with Crippen molar-refractivity contribution in [3.8, 4) is 5.75 Å². The molecule has 0 fully saturated rings. The lowest BCUT2D eigenvalue weighted by molar-refractivity contribution is 0.0973. The summed E-state index contributed by atoms with van der Waals surface area (Å²) < 4.78 is 5.67. The first kappa shape index (κ1) is 19.5. The van der Waals surface area contributed by atoms with Crippen LogP contribution < -0.4 is 15.4 Å². The van der Waals surface area contributed by atoms with E-state index in [0.717, 1.165) is 12.8 Å². The number of anilines is 1. The first-order valence-corrected chi connectivity index (χ1v) is 8.97. The van der Waals surface area contributed by atoms with Crippen LogP contribution in [0.5, 0.6) is 5.75 Å². The molecule has 2 aromatic carbocycles. The van der Waals surface area contributed by atoms with Crippen LogP contribution in [0, 0.1) is 0 Å². The molecule has 0 bridgehead atoms. The van der Waals surface area contributed by atoms with E-state index in [1.165, 1.54) is 0 Å². The minimum absolute atomic E-state index is 0.123. The van der Waals surface area contributed by atoms with Crippen molar-refractivity contribution in [3.05, 3.63) is 58.1 Å². The Morgan fingerprint density at radius 2 is 1.96 bits per heavy atom. The summed E-state index contributed by atoms with van der Waals surface area (Å²) in [6.07, 6.45) is 1.94. The Bertz CT molecular complexity index is 768. The second kappa shape index (κ2) is 9.61. The van der Waals surface area contributed by atoms with Gasteiger partial charge in [-0.2, -0.15) is 0 Å². The fourth-order valence-corrected chi connectivity index (χ4v) is 2.56. The Morgan fingerprint density at radius 1 is 1.20 bits per heavy atom. The zero-order valence-corrected chi connectivity index (χ0v) is 16.0. The van der Waals surface area contributed by atoms with Crippen LogP contribution in [-0.4, -0.2) is 17.6 Å². The molecule has 0 saturated carbocycles. The van der Waals surface area contributed by atoms with E-state index in [1.54, 1.807) is 36.4 Å². The molecular weight excluding hydrogens is 379 g/mol. The molecule has 0 aliphatic rings. The summed E-state index contributed by atoms with van der Waals surface area (Å²) >= 11 is 17.2. The van der Waals surface area contributed by atoms with Gasteiger partial charge in [-0.05, 0) is 49.0 Å². The monoisotopic (exact) mass is 396 g/mol. The molecule has 0 atom stereocenters. The number of benzene rings is 2. The zero-order valence-electron chi connectivity index (χ0n) is 13.6. The van der Waals surface area contributed by atoms with Gasteiger partial charge in [0.15, 0.2) is 5.11 Å². The summed E-state index contributed by atoms with van der Waals surface area (Å²) in [5.41, 5.74) is 0.937. The number of unbranched alkanes of at least 4 members (excludes halogenated alkanes) is 1. The predicted octanol–water partition coefficient (Wildman–Crippen LogP) is 5.30. The van der Waals surface area contributed by atoms with Crippen LogP contribution in [0.1, 0.15) is 30.1 Å². The molecule has 4 nitrogen and oxygen atoms in total. The summed E-state index contributed by atoms with van der Waals surface area (Å²) in [6, 6.07) is 12.0. The van der Waals surface area contributed by atoms with Gasteiger partial charge in [-0.15, -0.1) is 0 Å². The van der Waals surface area contributed by atoms with Gasteiger partial charge in [0.05, 0.1) is 22.9 Å². The van der Waals surface area contributed by atoms with Crippen LogP contribution in [0.25, 0.3) is 0 Å². The van der Waals surface area contributed by atoms with Gasteiger partial charge in [-0.3, -0.25) is 10.1 Å². The van der Waals surface area contributed by atoms with Gasteiger partial charge in [0.1, 0.15) is 5.75 Å². The average Bonchev–Trinajstić information content (AvgIpc) is 2.58. The van der Waals surface area contributed by atoms with Crippen molar-refractivity contribution in [1.29, 1.82) is 0 Å². The molecule has 1 amide bonds. The van der Waals surface area contributed by atoms with Crippen LogP contribution >= 0.6 is 35.4 Å². The smallest absolute Gasteiger partial charge is 0.261 e. The average molecular weight is 397 g/mol. The standard InChI is InChI=1S/C18H18Cl2N2O2S/c1-2-3-10-24-16-7-5-4-6-13(16)17(23)22-18(25)21-15-11-12(19)8-9-14(15)20/h4-9,11H,2-3,10H2,1H3,(H2,21,22,23,25). The van der Waals surface area contributed by atoms with E-state index in [9.17, 15) is 4.79 Å². The Kier molecular flexibility index (Phi) is 7.50. The summed E-state index contributed by atoms with van der Waals surface area (Å²) in [4.78, 5) is 12.5. The quantitative estimate of drug-likeness (QED) is 0.513. The van der Waals surface area contributed by atoms with E-state index in [4.69, 9.17) is 40.2 Å². The Morgan fingerprint density at radius 3 is 2.72 bits per heavy atom. The van der Waals surface area contributed by atoms with Crippen LogP contribution in [0.2, 0.25) is 10.0 Å². The predicted molar refractivity (Wildman–Crippen MR) is 107 cm³/mol. The normalized spacial score (nSPS) is 10.2. The first-order chi connectivity index (χ1) is 12.0. The highest BCUT2D eigenvalue weighted by atomic mass is 35.5. The third-order valence-electron chi connectivity index (χ3n) is 3.29. The Labute approximate surface area is 162 Å². The molecule has 2 aromatic rings. The van der Waals surface area contributed by atoms with Gasteiger partial charge in [-0.1, -0.05) is 48.7 Å². The summed E-state index contributed by atoms with van der Waals surface area (Å²) in [7, 11) is 0. The number of carbonyl (C=O) groups is 1. The van der Waals surface area contributed by atoms with E-state index >= 15 is 0 Å². The minimum atomic E-state index is -0.359. The molecule has 0 aromatic heterocycles. The van der Waals surface area contributed by atoms with E-state index in [2.05, 4.69) is 17.6 Å². The molecule has 7 heteroatoms. The number of hydrogen-bond acceptors (Lipinski definition) is 3. The number of carbonyl (C=O) groups excluding carboxylic acids is 1. The fourth-order valence-electron chi connectivity index (χ4n) is 2.02. The molecule has 0 unspecified atom stereocenters. The van der Waals surface area contributed by atoms with Crippen LogP contribution in [0.15, 0.2) is 42.5 Å². The van der Waals surface area contributed by atoms with E-state index in [-0.39, 0.29) is 11.0 Å². The SMILES string of the molecule is CCCCOc1ccccc1C(=O)NC(=S)Nc1cc(Cl)ccc1Cl. The van der Waals surface area contributed by atoms with Gasteiger partial charge >= 0.3 is 0 Å². The Hall–Kier alpha value is -1.82. The van der Waals surface area contributed by atoms with Crippen molar-refractivity contribution < 1.29 is 9.53 Å². The number of nitrogens with one attached hydrogen (secondary N) is 2. The fraction of sp³-hybridized carbons (Fsp3) is 0.222. The maximum atomic E-state index is 12.5. The summed E-state index contributed by atoms with van der Waals surface area (Å²) in [6.45, 7) is 2.63. The number of halogens is 2. The van der Waals surface area contributed by atoms with E-state index in [1.807, 2.05) is 6.07 Å². The van der Waals surface area contributed by atoms with Crippen molar-refractivity contribution in [1.82, 2.24) is 5.32 Å². The molecule has 2 N–H and O–H groups in total. The number of rotatable bonds is 6.